The Hall–Kier alpha value is -5.96. The fourth-order valence-corrected chi connectivity index (χ4v) is 7.77. The lowest BCUT2D eigenvalue weighted by atomic mass is 9.47. The van der Waals surface area contributed by atoms with E-state index in [2.05, 4.69) is 10.5 Å². The first-order valence-electron chi connectivity index (χ1n) is 14.6. The molecule has 9 rings (SSSR count). The molecule has 4 aliphatic rings. The number of benzene rings is 5. The lowest BCUT2D eigenvalue weighted by Crippen LogP contribution is -2.54. The van der Waals surface area contributed by atoms with Gasteiger partial charge in [0.15, 0.2) is 0 Å². The predicted molar refractivity (Wildman–Crippen MR) is 168 cm³/mol. The average Bonchev–Trinajstić information content (AvgIpc) is 3.34. The van der Waals surface area contributed by atoms with Gasteiger partial charge in [0.1, 0.15) is 5.69 Å². The Kier molecular flexibility index (Phi) is 5.79. The van der Waals surface area contributed by atoms with Crippen LogP contribution in [0.5, 0.6) is 0 Å². The molecule has 0 radical (unpaired) electrons. The number of fused-ring (bicyclic) bond motifs is 1. The summed E-state index contributed by atoms with van der Waals surface area (Å²) in [6.45, 7) is 0. The number of hydrogen-bond donors (Lipinski definition) is 1. The molecule has 5 aromatic carbocycles. The van der Waals surface area contributed by atoms with Crippen molar-refractivity contribution in [2.75, 3.05) is 4.90 Å². The average molecular weight is 593 g/mol. The zero-order chi connectivity index (χ0) is 30.9. The van der Waals surface area contributed by atoms with Gasteiger partial charge < -0.3 is 0 Å². The summed E-state index contributed by atoms with van der Waals surface area (Å²) in [5, 5.41) is 18.1. The minimum absolute atomic E-state index is 0.0595. The van der Waals surface area contributed by atoms with E-state index in [4.69, 9.17) is 0 Å². The molecule has 1 N–H and O–H groups in total. The van der Waals surface area contributed by atoms with E-state index in [1.54, 1.807) is 24.4 Å². The Bertz CT molecular complexity index is 2090. The predicted octanol–water partition coefficient (Wildman–Crippen LogP) is 5.71. The summed E-state index contributed by atoms with van der Waals surface area (Å²) in [5.74, 6) is -3.67. The maximum atomic E-state index is 14.5. The molecule has 45 heavy (non-hydrogen) atoms. The highest BCUT2D eigenvalue weighted by Crippen LogP contribution is 2.63. The molecule has 9 nitrogen and oxygen atoms in total. The molecule has 2 bridgehead atoms. The normalized spacial score (nSPS) is 22.8. The maximum absolute atomic E-state index is 14.5. The van der Waals surface area contributed by atoms with Crippen molar-refractivity contribution in [3.05, 3.63) is 153 Å². The number of nitrogens with one attached hydrogen (secondary N) is 1. The van der Waals surface area contributed by atoms with Crippen LogP contribution in [0.2, 0.25) is 0 Å². The van der Waals surface area contributed by atoms with Gasteiger partial charge in [-0.05, 0) is 45.2 Å². The second-order valence-electron chi connectivity index (χ2n) is 11.5. The van der Waals surface area contributed by atoms with E-state index in [1.807, 2.05) is 78.9 Å². The first kappa shape index (κ1) is 26.7. The Labute approximate surface area is 256 Å². The molecule has 1 heterocycles. The topological polar surface area (TPSA) is 122 Å². The molecule has 2 atom stereocenters. The Morgan fingerprint density at radius 2 is 1.42 bits per heavy atom. The molecular weight excluding hydrogens is 568 g/mol. The monoisotopic (exact) mass is 592 g/mol. The van der Waals surface area contributed by atoms with Gasteiger partial charge in [-0.25, -0.2) is 10.3 Å². The van der Waals surface area contributed by atoms with E-state index >= 15 is 0 Å². The molecule has 1 aliphatic heterocycles. The number of nitro benzene ring substituents is 1. The highest BCUT2D eigenvalue weighted by atomic mass is 16.6. The molecule has 3 amide bonds. The van der Waals surface area contributed by atoms with Crippen molar-refractivity contribution in [3.8, 4) is 0 Å². The Morgan fingerprint density at radius 3 is 2.16 bits per heavy atom. The van der Waals surface area contributed by atoms with Crippen LogP contribution in [0, 0.1) is 22.0 Å². The lowest BCUT2D eigenvalue weighted by molar-refractivity contribution is -0.384. The highest BCUT2D eigenvalue weighted by Gasteiger charge is 2.68. The van der Waals surface area contributed by atoms with Crippen LogP contribution in [0.4, 0.5) is 11.4 Å². The van der Waals surface area contributed by atoms with Crippen LogP contribution in [0.3, 0.4) is 0 Å². The van der Waals surface area contributed by atoms with E-state index in [0.29, 0.717) is 5.56 Å². The Balaban J connectivity index is 1.29. The van der Waals surface area contributed by atoms with E-state index in [0.717, 1.165) is 37.9 Å². The Morgan fingerprint density at radius 1 is 0.800 bits per heavy atom. The smallest absolute Gasteiger partial charge is 0.274 e. The van der Waals surface area contributed by atoms with Gasteiger partial charge in [0.05, 0.1) is 22.2 Å². The number of carbonyl (C=O) groups excluding carboxylic acids is 3. The van der Waals surface area contributed by atoms with E-state index in [9.17, 15) is 24.5 Å². The summed E-state index contributed by atoms with van der Waals surface area (Å²) >= 11 is 0. The SMILES string of the molecule is O=C(N/N=C\C12c3ccccc3C(c3ccccc31)[C@@H]1C(=O)N(c3ccccc3[N+](=O)[O-])C(=O)[C@@H]12)c1cccc2ccccc12. The fourth-order valence-electron chi connectivity index (χ4n) is 7.77. The van der Waals surface area contributed by atoms with Crippen molar-refractivity contribution in [1.82, 2.24) is 5.43 Å². The molecule has 1 saturated heterocycles. The van der Waals surface area contributed by atoms with Crippen LogP contribution in [0.25, 0.3) is 10.8 Å². The molecule has 3 aliphatic carbocycles. The van der Waals surface area contributed by atoms with E-state index < -0.39 is 45.8 Å². The highest BCUT2D eigenvalue weighted by molar-refractivity contribution is 6.25. The third-order valence-corrected chi connectivity index (χ3v) is 9.47. The summed E-state index contributed by atoms with van der Waals surface area (Å²) in [7, 11) is 0. The molecular formula is C36H24N4O5. The number of hydrogen-bond acceptors (Lipinski definition) is 6. The van der Waals surface area contributed by atoms with Crippen LogP contribution in [-0.2, 0) is 15.0 Å². The van der Waals surface area contributed by atoms with Gasteiger partial charge in [0.2, 0.25) is 11.8 Å². The molecule has 0 spiro atoms. The first-order valence-corrected chi connectivity index (χ1v) is 14.6. The third-order valence-electron chi connectivity index (χ3n) is 9.47. The van der Waals surface area contributed by atoms with Crippen LogP contribution in [0.1, 0.15) is 38.5 Å². The van der Waals surface area contributed by atoms with Crippen molar-refractivity contribution in [3.63, 3.8) is 0 Å². The van der Waals surface area contributed by atoms with E-state index in [1.165, 1.54) is 18.2 Å². The van der Waals surface area contributed by atoms with Crippen molar-refractivity contribution in [1.29, 1.82) is 0 Å². The molecule has 218 valence electrons. The number of nitro groups is 1. The minimum atomic E-state index is -1.23. The van der Waals surface area contributed by atoms with Gasteiger partial charge >= 0.3 is 0 Å². The summed E-state index contributed by atoms with van der Waals surface area (Å²) in [4.78, 5) is 54.7. The summed E-state index contributed by atoms with van der Waals surface area (Å²) < 4.78 is 0. The first-order chi connectivity index (χ1) is 21.9. The number of rotatable bonds is 5. The molecule has 0 aromatic heterocycles. The molecule has 9 heteroatoms. The van der Waals surface area contributed by atoms with Crippen molar-refractivity contribution >= 4 is 46.1 Å². The summed E-state index contributed by atoms with van der Waals surface area (Å²) in [6.07, 6.45) is 1.58. The van der Waals surface area contributed by atoms with Gasteiger partial charge in [-0.15, -0.1) is 0 Å². The van der Waals surface area contributed by atoms with Crippen LogP contribution >= 0.6 is 0 Å². The summed E-state index contributed by atoms with van der Waals surface area (Å²) in [5.41, 5.74) is 4.89. The van der Waals surface area contributed by atoms with Crippen molar-refractivity contribution in [2.24, 2.45) is 16.9 Å². The second kappa shape index (κ2) is 9.78. The molecule has 5 aromatic rings. The standard InChI is InChI=1S/C36H24N4O5/c41-33(23-15-9-11-21-10-1-2-12-22(21)23)38-37-20-36-26-16-5-3-13-24(26)30(25-14-4-6-17-27(25)36)31-32(36)35(43)39(34(31)42)28-18-7-8-19-29(28)40(44)45/h1-20,30-32H,(H,38,41)/b37-20-/t30?,31-,32+,36?/m0/s1. The van der Waals surface area contributed by atoms with Gasteiger partial charge in [-0.3, -0.25) is 24.5 Å². The van der Waals surface area contributed by atoms with Gasteiger partial charge in [0.25, 0.3) is 11.6 Å². The number of hydrazone groups is 1. The summed E-state index contributed by atoms with van der Waals surface area (Å²) in [6, 6.07) is 34.1. The number of para-hydroxylation sites is 2. The van der Waals surface area contributed by atoms with Crippen molar-refractivity contribution in [2.45, 2.75) is 11.3 Å². The van der Waals surface area contributed by atoms with Gasteiger partial charge in [0, 0.05) is 23.8 Å². The number of imide groups is 1. The van der Waals surface area contributed by atoms with Crippen LogP contribution < -0.4 is 10.3 Å². The number of carbonyl (C=O) groups is 3. The van der Waals surface area contributed by atoms with Crippen LogP contribution in [-0.4, -0.2) is 28.9 Å². The number of amides is 3. The fraction of sp³-hybridized carbons (Fsp3) is 0.111. The minimum Gasteiger partial charge on any atom is -0.274 e. The van der Waals surface area contributed by atoms with Crippen LogP contribution in [0.15, 0.2) is 120 Å². The third kappa shape index (κ3) is 3.61. The number of nitrogens with zero attached hydrogens (tertiary/aromatic N) is 3. The van der Waals surface area contributed by atoms with Crippen molar-refractivity contribution < 1.29 is 19.3 Å². The second-order valence-corrected chi connectivity index (χ2v) is 11.5. The maximum Gasteiger partial charge on any atom is 0.293 e. The zero-order valence-electron chi connectivity index (χ0n) is 23.7. The zero-order valence-corrected chi connectivity index (χ0v) is 23.7. The van der Waals surface area contributed by atoms with E-state index in [-0.39, 0.29) is 11.4 Å². The lowest BCUT2D eigenvalue weighted by Gasteiger charge is -2.52. The molecule has 0 saturated carbocycles. The number of anilines is 1. The van der Waals surface area contributed by atoms with Gasteiger partial charge in [-0.2, -0.15) is 5.10 Å². The van der Waals surface area contributed by atoms with Gasteiger partial charge in [-0.1, -0.05) is 97.1 Å². The molecule has 0 unspecified atom stereocenters. The largest absolute Gasteiger partial charge is 0.293 e. The quantitative estimate of drug-likeness (QED) is 0.121. The molecule has 1 fully saturated rings.